The van der Waals surface area contributed by atoms with Crippen LogP contribution < -0.4 is 14.9 Å². The molecular formula is C27H32ClN7S3. The fourth-order valence-corrected chi connectivity index (χ4v) is 8.28. The Morgan fingerprint density at radius 2 is 1.97 bits per heavy atom. The molecular weight excluding hydrogens is 554 g/mol. The van der Waals surface area contributed by atoms with Crippen LogP contribution in [0.5, 0.6) is 0 Å². The molecule has 1 aliphatic carbocycles. The molecule has 1 aromatic carbocycles. The zero-order chi connectivity index (χ0) is 26.7. The minimum atomic E-state index is 0.182. The van der Waals surface area contributed by atoms with Gasteiger partial charge in [-0.1, -0.05) is 41.9 Å². The van der Waals surface area contributed by atoms with E-state index in [1.54, 1.807) is 12.0 Å². The predicted molar refractivity (Wildman–Crippen MR) is 163 cm³/mol. The maximum atomic E-state index is 6.71. The minimum Gasteiger partial charge on any atom is -0.355 e. The number of halogens is 1. The Morgan fingerprint density at radius 1 is 1.18 bits per heavy atom. The zero-order valence-corrected chi connectivity index (χ0v) is 25.3. The summed E-state index contributed by atoms with van der Waals surface area (Å²) in [6.07, 6.45) is 11.0. The molecule has 1 fully saturated rings. The van der Waals surface area contributed by atoms with Crippen LogP contribution in [0.25, 0.3) is 5.70 Å². The second kappa shape index (κ2) is 9.96. The fraction of sp³-hybridized carbons (Fsp3) is 0.444. The SMILES string of the molecule is C=C1NC=Nc2ccc(Sc3cnc(N4CCC5(CC4)CC4=C(C5NSC(C)(C)C)N4SC)cn3)c(Cl)c21. The summed E-state index contributed by atoms with van der Waals surface area (Å²) in [6.45, 7) is 12.8. The number of aromatic nitrogens is 2. The van der Waals surface area contributed by atoms with Gasteiger partial charge in [0.2, 0.25) is 0 Å². The number of hydrogen-bond donors (Lipinski definition) is 2. The third-order valence-electron chi connectivity index (χ3n) is 7.52. The van der Waals surface area contributed by atoms with Crippen LogP contribution in [0.1, 0.15) is 45.6 Å². The summed E-state index contributed by atoms with van der Waals surface area (Å²) in [6, 6.07) is 4.35. The van der Waals surface area contributed by atoms with Gasteiger partial charge in [0, 0.05) is 45.7 Å². The van der Waals surface area contributed by atoms with Crippen LogP contribution in [0.4, 0.5) is 11.5 Å². The van der Waals surface area contributed by atoms with Gasteiger partial charge >= 0.3 is 0 Å². The Morgan fingerprint density at radius 3 is 2.66 bits per heavy atom. The van der Waals surface area contributed by atoms with E-state index >= 15 is 0 Å². The van der Waals surface area contributed by atoms with Crippen LogP contribution in [0.2, 0.25) is 5.02 Å². The van der Waals surface area contributed by atoms with Crippen molar-refractivity contribution in [3.63, 3.8) is 0 Å². The molecule has 2 N–H and O–H groups in total. The molecule has 2 aromatic rings. The molecule has 3 aliphatic heterocycles. The summed E-state index contributed by atoms with van der Waals surface area (Å²) in [5, 5.41) is 4.48. The lowest BCUT2D eigenvalue weighted by atomic mass is 9.72. The first-order chi connectivity index (χ1) is 18.2. The summed E-state index contributed by atoms with van der Waals surface area (Å²) < 4.78 is 6.48. The normalized spacial score (nSPS) is 21.6. The Kier molecular flexibility index (Phi) is 6.91. The average Bonchev–Trinajstić information content (AvgIpc) is 3.47. The first kappa shape index (κ1) is 26.4. The van der Waals surface area contributed by atoms with Crippen LogP contribution in [-0.4, -0.2) is 50.7 Å². The molecule has 200 valence electrons. The van der Waals surface area contributed by atoms with Crippen molar-refractivity contribution in [3.05, 3.63) is 53.1 Å². The van der Waals surface area contributed by atoms with Gasteiger partial charge in [-0.2, -0.15) is 0 Å². The molecule has 1 saturated heterocycles. The van der Waals surface area contributed by atoms with Gasteiger partial charge in [0.1, 0.15) is 10.8 Å². The third-order valence-corrected chi connectivity index (χ3v) is 10.8. The molecule has 4 heterocycles. The van der Waals surface area contributed by atoms with Crippen LogP contribution in [0.3, 0.4) is 0 Å². The van der Waals surface area contributed by atoms with Crippen molar-refractivity contribution in [3.8, 4) is 0 Å². The van der Waals surface area contributed by atoms with Crippen molar-refractivity contribution >= 4 is 70.8 Å². The smallest absolute Gasteiger partial charge is 0.147 e. The minimum absolute atomic E-state index is 0.182. The van der Waals surface area contributed by atoms with E-state index in [1.165, 1.54) is 23.9 Å². The van der Waals surface area contributed by atoms with E-state index in [-0.39, 0.29) is 4.75 Å². The van der Waals surface area contributed by atoms with Crippen molar-refractivity contribution < 1.29 is 0 Å². The molecule has 7 nitrogen and oxygen atoms in total. The Bertz CT molecular complexity index is 1330. The molecule has 1 spiro atoms. The second-order valence-corrected chi connectivity index (χ2v) is 14.9. The van der Waals surface area contributed by atoms with Gasteiger partial charge in [-0.15, -0.1) is 0 Å². The molecule has 0 amide bonds. The van der Waals surface area contributed by atoms with Gasteiger partial charge in [0.25, 0.3) is 0 Å². The van der Waals surface area contributed by atoms with Crippen LogP contribution in [-0.2, 0) is 0 Å². The number of anilines is 1. The molecule has 0 saturated carbocycles. The van der Waals surface area contributed by atoms with Gasteiger partial charge in [-0.05, 0) is 64.1 Å². The van der Waals surface area contributed by atoms with Crippen LogP contribution in [0.15, 0.2) is 57.4 Å². The van der Waals surface area contributed by atoms with Crippen molar-refractivity contribution in [1.82, 2.24) is 24.3 Å². The van der Waals surface area contributed by atoms with Gasteiger partial charge < -0.3 is 10.2 Å². The highest BCUT2D eigenvalue weighted by Crippen LogP contribution is 2.61. The number of rotatable bonds is 6. The van der Waals surface area contributed by atoms with Crippen molar-refractivity contribution in [2.75, 3.05) is 24.2 Å². The average molecular weight is 586 g/mol. The molecule has 1 unspecified atom stereocenters. The molecule has 1 aromatic heterocycles. The molecule has 0 radical (unpaired) electrons. The maximum absolute atomic E-state index is 6.71. The quantitative estimate of drug-likeness (QED) is 0.360. The third kappa shape index (κ3) is 4.83. The number of piperidine rings is 2. The number of nitrogens with one attached hydrogen (secondary N) is 2. The highest BCUT2D eigenvalue weighted by Gasteiger charge is 2.58. The first-order valence-electron chi connectivity index (χ1n) is 12.8. The predicted octanol–water partition coefficient (Wildman–Crippen LogP) is 6.72. The summed E-state index contributed by atoms with van der Waals surface area (Å²) >= 11 is 11.9. The van der Waals surface area contributed by atoms with E-state index in [1.807, 2.05) is 48.4 Å². The number of allylic oxidation sites excluding steroid dienone is 1. The number of fused-ring (bicyclic) bond motifs is 1. The summed E-state index contributed by atoms with van der Waals surface area (Å²) in [7, 11) is 0. The first-order valence-corrected chi connectivity index (χ1v) is 15.9. The molecule has 4 aliphatic rings. The number of nitrogens with zero attached hydrogens (tertiary/aromatic N) is 5. The van der Waals surface area contributed by atoms with E-state index < -0.39 is 0 Å². The second-order valence-electron chi connectivity index (χ2n) is 11.1. The molecule has 1 atom stereocenters. The maximum Gasteiger partial charge on any atom is 0.147 e. The highest BCUT2D eigenvalue weighted by molar-refractivity contribution is 7.99. The number of benzene rings is 1. The zero-order valence-electron chi connectivity index (χ0n) is 22.0. The molecule has 38 heavy (non-hydrogen) atoms. The fourth-order valence-electron chi connectivity index (χ4n) is 5.55. The van der Waals surface area contributed by atoms with Crippen LogP contribution in [0, 0.1) is 5.41 Å². The summed E-state index contributed by atoms with van der Waals surface area (Å²) in [5.41, 5.74) is 5.77. The summed E-state index contributed by atoms with van der Waals surface area (Å²) in [5.74, 6) is 0.940. The standard InChI is InChI=1S/C27H32ClN7S3/c1-16-22-17(32-15-31-16)6-7-19(23(22)28)37-21-14-29-20(13-30-21)34-10-8-27(9-11-34)12-18-24(35(18)36-5)25(27)33-38-26(2,3)4/h6-7,13-15,25,33H,1,8-12H2,2-5H3,(H,31,32). The molecule has 6 rings (SSSR count). The monoisotopic (exact) mass is 585 g/mol. The van der Waals surface area contributed by atoms with Crippen molar-refractivity contribution in [1.29, 1.82) is 0 Å². The van der Waals surface area contributed by atoms with Crippen molar-refractivity contribution in [2.24, 2.45) is 10.4 Å². The Hall–Kier alpha value is -1.85. The van der Waals surface area contributed by atoms with Gasteiger partial charge in [-0.25, -0.2) is 15.0 Å². The van der Waals surface area contributed by atoms with E-state index in [0.29, 0.717) is 16.5 Å². The van der Waals surface area contributed by atoms with E-state index in [4.69, 9.17) is 21.6 Å². The lowest BCUT2D eigenvalue weighted by molar-refractivity contribution is 0.175. The lowest BCUT2D eigenvalue weighted by Gasteiger charge is -2.46. The van der Waals surface area contributed by atoms with Crippen LogP contribution >= 0.6 is 47.3 Å². The number of aliphatic imine (C=N–C) groups is 1. The highest BCUT2D eigenvalue weighted by atomic mass is 35.5. The van der Waals surface area contributed by atoms with E-state index in [0.717, 1.165) is 58.6 Å². The van der Waals surface area contributed by atoms with E-state index in [2.05, 4.69) is 57.8 Å². The lowest BCUT2D eigenvalue weighted by Crippen LogP contribution is -2.51. The molecule has 0 bridgehead atoms. The van der Waals surface area contributed by atoms with Gasteiger partial charge in [0.05, 0.1) is 46.9 Å². The largest absolute Gasteiger partial charge is 0.355 e. The number of hydrogen-bond acceptors (Lipinski definition) is 10. The van der Waals surface area contributed by atoms with Gasteiger partial charge in [-0.3, -0.25) is 9.03 Å². The summed E-state index contributed by atoms with van der Waals surface area (Å²) in [4.78, 5) is 17.1. The topological polar surface area (TPSA) is 68.5 Å². The van der Waals surface area contributed by atoms with E-state index in [9.17, 15) is 0 Å². The Labute approximate surface area is 242 Å². The van der Waals surface area contributed by atoms with Gasteiger partial charge in [0.15, 0.2) is 0 Å². The molecule has 11 heteroatoms. The van der Waals surface area contributed by atoms with Crippen molar-refractivity contribution in [2.45, 2.75) is 60.7 Å². The Balaban J connectivity index is 1.11.